The van der Waals surface area contributed by atoms with Gasteiger partial charge in [0, 0.05) is 42.5 Å². The minimum atomic E-state index is -0.516. The smallest absolute Gasteiger partial charge is 0.271 e. The van der Waals surface area contributed by atoms with Gasteiger partial charge in [-0.1, -0.05) is 18.2 Å². The van der Waals surface area contributed by atoms with E-state index in [1.807, 2.05) is 24.3 Å². The molecular weight excluding hydrogens is 334 g/mol. The molecule has 26 heavy (non-hydrogen) atoms. The van der Waals surface area contributed by atoms with Crippen LogP contribution in [0.4, 0.5) is 17.1 Å². The van der Waals surface area contributed by atoms with Gasteiger partial charge in [-0.2, -0.15) is 0 Å². The molecule has 132 valence electrons. The van der Waals surface area contributed by atoms with Gasteiger partial charge in [-0.05, 0) is 36.3 Å². The number of amides is 2. The van der Waals surface area contributed by atoms with Crippen molar-refractivity contribution in [2.45, 2.75) is 12.8 Å². The van der Waals surface area contributed by atoms with Crippen LogP contribution in [0, 0.1) is 10.1 Å². The Hall–Kier alpha value is -3.48. The fourth-order valence-electron chi connectivity index (χ4n) is 2.74. The molecule has 0 bridgehead atoms. The van der Waals surface area contributed by atoms with Crippen LogP contribution < -0.4 is 10.2 Å². The third kappa shape index (κ3) is 4.13. The van der Waals surface area contributed by atoms with Gasteiger partial charge in [0.1, 0.15) is 0 Å². The maximum Gasteiger partial charge on any atom is 0.271 e. The predicted octanol–water partition coefficient (Wildman–Crippen LogP) is 3.37. The lowest BCUT2D eigenvalue weighted by molar-refractivity contribution is -0.384. The SMILES string of the molecule is O=C(/C=C/c1ccc(N2CCCC2=O)cc1)Nc1cccc([N+](=O)[O-])c1. The van der Waals surface area contributed by atoms with Gasteiger partial charge in [0.25, 0.3) is 5.69 Å². The first-order valence-corrected chi connectivity index (χ1v) is 8.17. The Balaban J connectivity index is 1.62. The van der Waals surface area contributed by atoms with Crippen molar-refractivity contribution in [3.8, 4) is 0 Å². The van der Waals surface area contributed by atoms with Gasteiger partial charge in [-0.15, -0.1) is 0 Å². The zero-order valence-corrected chi connectivity index (χ0v) is 13.9. The second-order valence-corrected chi connectivity index (χ2v) is 5.87. The zero-order chi connectivity index (χ0) is 18.5. The predicted molar refractivity (Wildman–Crippen MR) is 98.8 cm³/mol. The lowest BCUT2D eigenvalue weighted by Gasteiger charge is -2.15. The van der Waals surface area contributed by atoms with Crippen LogP contribution in [-0.2, 0) is 9.59 Å². The van der Waals surface area contributed by atoms with E-state index < -0.39 is 4.92 Å². The Kier molecular flexibility index (Phi) is 5.07. The zero-order valence-electron chi connectivity index (χ0n) is 13.9. The lowest BCUT2D eigenvalue weighted by Crippen LogP contribution is -2.23. The monoisotopic (exact) mass is 351 g/mol. The third-order valence-electron chi connectivity index (χ3n) is 4.03. The molecule has 1 fully saturated rings. The molecule has 1 heterocycles. The molecule has 2 aromatic carbocycles. The molecule has 0 saturated carbocycles. The summed E-state index contributed by atoms with van der Waals surface area (Å²) in [5, 5.41) is 13.3. The molecule has 3 rings (SSSR count). The van der Waals surface area contributed by atoms with Crippen LogP contribution in [0.3, 0.4) is 0 Å². The molecule has 0 aromatic heterocycles. The summed E-state index contributed by atoms with van der Waals surface area (Å²) in [6.45, 7) is 0.736. The van der Waals surface area contributed by atoms with Crippen molar-refractivity contribution in [2.75, 3.05) is 16.8 Å². The molecule has 0 unspecified atom stereocenters. The molecule has 0 radical (unpaired) electrons. The highest BCUT2D eigenvalue weighted by Crippen LogP contribution is 2.22. The van der Waals surface area contributed by atoms with Gasteiger partial charge >= 0.3 is 0 Å². The van der Waals surface area contributed by atoms with Crippen molar-refractivity contribution in [3.63, 3.8) is 0 Å². The molecule has 7 nitrogen and oxygen atoms in total. The summed E-state index contributed by atoms with van der Waals surface area (Å²) in [6.07, 6.45) is 4.45. The number of nitrogens with one attached hydrogen (secondary N) is 1. The van der Waals surface area contributed by atoms with Gasteiger partial charge in [0.05, 0.1) is 4.92 Å². The number of nitro groups is 1. The number of rotatable bonds is 5. The molecule has 2 aromatic rings. The molecule has 1 aliphatic rings. The molecule has 0 atom stereocenters. The normalized spacial score (nSPS) is 14.0. The summed E-state index contributed by atoms with van der Waals surface area (Å²) in [5.74, 6) is -0.256. The van der Waals surface area contributed by atoms with Crippen LogP contribution in [0.2, 0.25) is 0 Å². The second kappa shape index (κ2) is 7.60. The van der Waals surface area contributed by atoms with Gasteiger partial charge in [-0.25, -0.2) is 0 Å². The van der Waals surface area contributed by atoms with Crippen molar-refractivity contribution >= 4 is 35.0 Å². The number of anilines is 2. The largest absolute Gasteiger partial charge is 0.322 e. The molecule has 1 saturated heterocycles. The van der Waals surface area contributed by atoms with E-state index in [1.165, 1.54) is 24.3 Å². The number of carbonyl (C=O) groups is 2. The topological polar surface area (TPSA) is 92.6 Å². The van der Waals surface area contributed by atoms with Crippen molar-refractivity contribution in [2.24, 2.45) is 0 Å². The number of nitrogens with zero attached hydrogens (tertiary/aromatic N) is 2. The van der Waals surface area contributed by atoms with Crippen LogP contribution in [0.1, 0.15) is 18.4 Å². The number of non-ortho nitro benzene ring substituents is 1. The van der Waals surface area contributed by atoms with E-state index in [-0.39, 0.29) is 17.5 Å². The molecule has 7 heteroatoms. The summed E-state index contributed by atoms with van der Waals surface area (Å²) in [4.78, 5) is 35.7. The minimum Gasteiger partial charge on any atom is -0.322 e. The average molecular weight is 351 g/mol. The molecule has 1 aliphatic heterocycles. The van der Waals surface area contributed by atoms with Crippen molar-refractivity contribution in [1.29, 1.82) is 0 Å². The van der Waals surface area contributed by atoms with Gasteiger partial charge < -0.3 is 10.2 Å². The van der Waals surface area contributed by atoms with Gasteiger partial charge in [-0.3, -0.25) is 19.7 Å². The van der Waals surface area contributed by atoms with Crippen LogP contribution in [0.15, 0.2) is 54.6 Å². The van der Waals surface area contributed by atoms with Crippen molar-refractivity contribution in [1.82, 2.24) is 0 Å². The number of hydrogen-bond acceptors (Lipinski definition) is 4. The molecule has 0 aliphatic carbocycles. The van der Waals surface area contributed by atoms with Crippen molar-refractivity contribution in [3.05, 3.63) is 70.3 Å². The van der Waals surface area contributed by atoms with E-state index in [9.17, 15) is 19.7 Å². The maximum absolute atomic E-state index is 12.0. The molecular formula is C19H17N3O4. The number of nitro benzene ring substituents is 1. The van der Waals surface area contributed by atoms with Crippen LogP contribution in [0.5, 0.6) is 0 Å². The van der Waals surface area contributed by atoms with E-state index in [4.69, 9.17) is 0 Å². The Bertz CT molecular complexity index is 875. The molecule has 2 amide bonds. The van der Waals surface area contributed by atoms with Crippen LogP contribution in [-0.4, -0.2) is 23.3 Å². The maximum atomic E-state index is 12.0. The summed E-state index contributed by atoms with van der Waals surface area (Å²) < 4.78 is 0. The van der Waals surface area contributed by atoms with E-state index in [0.29, 0.717) is 12.1 Å². The summed E-state index contributed by atoms with van der Waals surface area (Å²) in [5.41, 5.74) is 1.94. The first-order valence-electron chi connectivity index (χ1n) is 8.17. The number of hydrogen-bond donors (Lipinski definition) is 1. The first kappa shape index (κ1) is 17.3. The Morgan fingerprint density at radius 2 is 1.96 bits per heavy atom. The lowest BCUT2D eigenvalue weighted by atomic mass is 10.2. The fourth-order valence-corrected chi connectivity index (χ4v) is 2.74. The molecule has 0 spiro atoms. The van der Waals surface area contributed by atoms with Gasteiger partial charge in [0.15, 0.2) is 0 Å². The third-order valence-corrected chi connectivity index (χ3v) is 4.03. The average Bonchev–Trinajstić information content (AvgIpc) is 3.06. The Morgan fingerprint density at radius 1 is 1.19 bits per heavy atom. The fraction of sp³-hybridized carbons (Fsp3) is 0.158. The highest BCUT2D eigenvalue weighted by atomic mass is 16.6. The van der Waals surface area contributed by atoms with E-state index in [1.54, 1.807) is 17.0 Å². The quantitative estimate of drug-likeness (QED) is 0.508. The first-order chi connectivity index (χ1) is 12.5. The van der Waals surface area contributed by atoms with E-state index >= 15 is 0 Å². The molecule has 1 N–H and O–H groups in total. The Labute approximate surface area is 150 Å². The highest BCUT2D eigenvalue weighted by Gasteiger charge is 2.21. The van der Waals surface area contributed by atoms with Crippen molar-refractivity contribution < 1.29 is 14.5 Å². The summed E-state index contributed by atoms with van der Waals surface area (Å²) >= 11 is 0. The summed E-state index contributed by atoms with van der Waals surface area (Å²) in [6, 6.07) is 13.1. The van der Waals surface area contributed by atoms with E-state index in [2.05, 4.69) is 5.32 Å². The van der Waals surface area contributed by atoms with Crippen LogP contribution >= 0.6 is 0 Å². The highest BCUT2D eigenvalue weighted by molar-refractivity contribution is 6.02. The number of benzene rings is 2. The number of carbonyl (C=O) groups excluding carboxylic acids is 2. The van der Waals surface area contributed by atoms with E-state index in [0.717, 1.165) is 24.2 Å². The standard InChI is InChI=1S/C19H17N3O4/c23-18(20-15-3-1-4-17(13-15)22(25)26)11-8-14-6-9-16(10-7-14)21-12-2-5-19(21)24/h1,3-4,6-11,13H,2,5,12H2,(H,20,23)/b11-8+. The summed E-state index contributed by atoms with van der Waals surface area (Å²) in [7, 11) is 0. The van der Waals surface area contributed by atoms with Gasteiger partial charge in [0.2, 0.25) is 11.8 Å². The van der Waals surface area contributed by atoms with Crippen LogP contribution in [0.25, 0.3) is 6.08 Å². The Morgan fingerprint density at radius 3 is 2.62 bits per heavy atom. The minimum absolute atomic E-state index is 0.0844. The second-order valence-electron chi connectivity index (χ2n) is 5.87.